The van der Waals surface area contributed by atoms with Gasteiger partial charge in [0, 0.05) is 26.1 Å². The van der Waals surface area contributed by atoms with Crippen molar-refractivity contribution in [1.82, 2.24) is 35.8 Å². The Balaban J connectivity index is 1.38. The van der Waals surface area contributed by atoms with Gasteiger partial charge < -0.3 is 10.6 Å². The van der Waals surface area contributed by atoms with Crippen LogP contribution in [0.5, 0.6) is 0 Å². The molecule has 0 fully saturated rings. The van der Waals surface area contributed by atoms with Crippen LogP contribution in [-0.2, 0) is 19.5 Å². The van der Waals surface area contributed by atoms with Crippen LogP contribution in [-0.4, -0.2) is 43.6 Å². The summed E-state index contributed by atoms with van der Waals surface area (Å²) < 4.78 is 1.67. The summed E-state index contributed by atoms with van der Waals surface area (Å²) in [5.74, 6) is -0.408. The number of carbonyl (C=O) groups excluding carboxylic acids is 2. The van der Waals surface area contributed by atoms with Crippen molar-refractivity contribution in [3.8, 4) is 0 Å². The summed E-state index contributed by atoms with van der Waals surface area (Å²) in [4.78, 5) is 24.1. The normalized spacial score (nSPS) is 10.7. The molecular weight excluding hydrogens is 402 g/mol. The molecule has 0 spiro atoms. The zero-order valence-electron chi connectivity index (χ0n) is 16.9. The Bertz CT molecular complexity index is 955. The number of carbonyl (C=O) groups is 2. The third-order valence-corrected chi connectivity index (χ3v) is 5.27. The largest absolute Gasteiger partial charge is 0.350 e. The number of rotatable bonds is 11. The fourth-order valence-electron chi connectivity index (χ4n) is 2.69. The number of hydrogen-bond acceptors (Lipinski definition) is 7. The van der Waals surface area contributed by atoms with Crippen LogP contribution in [0.25, 0.3) is 0 Å². The van der Waals surface area contributed by atoms with E-state index in [4.69, 9.17) is 0 Å². The van der Waals surface area contributed by atoms with Gasteiger partial charge in [0.05, 0.1) is 6.20 Å². The van der Waals surface area contributed by atoms with E-state index in [0.29, 0.717) is 30.3 Å². The maximum absolute atomic E-state index is 12.2. The molecule has 2 heterocycles. The summed E-state index contributed by atoms with van der Waals surface area (Å²) in [5, 5.41) is 22.9. The van der Waals surface area contributed by atoms with Gasteiger partial charge in [-0.1, -0.05) is 53.8 Å². The number of nitrogens with zero attached hydrogens (tertiary/aromatic N) is 5. The molecule has 3 rings (SSSR count). The van der Waals surface area contributed by atoms with Gasteiger partial charge in [-0.05, 0) is 24.8 Å². The second-order valence-electron chi connectivity index (χ2n) is 6.75. The van der Waals surface area contributed by atoms with Crippen molar-refractivity contribution >= 4 is 23.2 Å². The van der Waals surface area contributed by atoms with Gasteiger partial charge in [-0.15, -0.1) is 15.3 Å². The summed E-state index contributed by atoms with van der Waals surface area (Å²) in [6, 6.07) is 9.71. The highest BCUT2D eigenvalue weighted by atomic mass is 32.1. The predicted octanol–water partition coefficient (Wildman–Crippen LogP) is 2.22. The SMILES string of the molecule is CCCNC(=O)c1nnc(CCCCn2cc(C(=O)NCc3ccccc3)nn2)s1. The highest BCUT2D eigenvalue weighted by molar-refractivity contribution is 7.13. The number of benzene rings is 1. The molecule has 158 valence electrons. The van der Waals surface area contributed by atoms with Gasteiger partial charge in [-0.25, -0.2) is 0 Å². The summed E-state index contributed by atoms with van der Waals surface area (Å²) in [5.41, 5.74) is 1.33. The Hall–Kier alpha value is -3.14. The van der Waals surface area contributed by atoms with Crippen molar-refractivity contribution < 1.29 is 9.59 Å². The number of nitrogens with one attached hydrogen (secondary N) is 2. The Kier molecular flexibility index (Phi) is 8.02. The number of hydrogen-bond donors (Lipinski definition) is 2. The Labute approximate surface area is 178 Å². The minimum Gasteiger partial charge on any atom is -0.350 e. The van der Waals surface area contributed by atoms with E-state index < -0.39 is 0 Å². The van der Waals surface area contributed by atoms with Crippen LogP contribution in [0.15, 0.2) is 36.5 Å². The second-order valence-corrected chi connectivity index (χ2v) is 7.81. The third-order valence-electron chi connectivity index (χ3n) is 4.29. The predicted molar refractivity (Wildman–Crippen MR) is 113 cm³/mol. The van der Waals surface area contributed by atoms with Crippen molar-refractivity contribution in [2.45, 2.75) is 45.7 Å². The fraction of sp³-hybridized carbons (Fsp3) is 0.400. The lowest BCUT2D eigenvalue weighted by Gasteiger charge is -2.02. The van der Waals surface area contributed by atoms with E-state index in [2.05, 4.69) is 31.1 Å². The van der Waals surface area contributed by atoms with Crippen LogP contribution >= 0.6 is 11.3 Å². The third kappa shape index (κ3) is 6.45. The number of amides is 2. The van der Waals surface area contributed by atoms with Crippen molar-refractivity contribution in [3.63, 3.8) is 0 Å². The van der Waals surface area contributed by atoms with E-state index in [-0.39, 0.29) is 11.8 Å². The van der Waals surface area contributed by atoms with Crippen LogP contribution in [0.2, 0.25) is 0 Å². The zero-order chi connectivity index (χ0) is 21.2. The molecule has 2 amide bonds. The minimum atomic E-state index is -0.243. The molecule has 30 heavy (non-hydrogen) atoms. The smallest absolute Gasteiger partial charge is 0.282 e. The first-order valence-electron chi connectivity index (χ1n) is 9.98. The van der Waals surface area contributed by atoms with E-state index in [1.165, 1.54) is 11.3 Å². The zero-order valence-corrected chi connectivity index (χ0v) is 17.7. The van der Waals surface area contributed by atoms with E-state index in [1.54, 1.807) is 10.9 Å². The molecule has 0 atom stereocenters. The van der Waals surface area contributed by atoms with Gasteiger partial charge in [0.2, 0.25) is 5.01 Å². The summed E-state index contributed by atoms with van der Waals surface area (Å²) in [6.45, 7) is 3.74. The van der Waals surface area contributed by atoms with Crippen LogP contribution in [0.1, 0.15) is 57.0 Å². The lowest BCUT2D eigenvalue weighted by Crippen LogP contribution is -2.23. The van der Waals surface area contributed by atoms with Crippen LogP contribution in [0, 0.1) is 0 Å². The minimum absolute atomic E-state index is 0.165. The summed E-state index contributed by atoms with van der Waals surface area (Å²) >= 11 is 1.33. The first-order chi connectivity index (χ1) is 14.7. The van der Waals surface area contributed by atoms with Gasteiger partial charge in [0.25, 0.3) is 11.8 Å². The maximum Gasteiger partial charge on any atom is 0.282 e. The molecule has 0 saturated carbocycles. The molecule has 9 nitrogen and oxygen atoms in total. The second kappa shape index (κ2) is 11.1. The molecule has 0 aliphatic heterocycles. The number of unbranched alkanes of at least 4 members (excludes halogenated alkanes) is 1. The van der Waals surface area contributed by atoms with Crippen LogP contribution in [0.3, 0.4) is 0 Å². The monoisotopic (exact) mass is 427 g/mol. The van der Waals surface area contributed by atoms with Gasteiger partial charge in [-0.2, -0.15) is 0 Å². The first-order valence-corrected chi connectivity index (χ1v) is 10.8. The molecule has 2 aromatic heterocycles. The molecule has 0 aliphatic rings. The molecule has 10 heteroatoms. The van der Waals surface area contributed by atoms with Crippen molar-refractivity contribution in [2.24, 2.45) is 0 Å². The lowest BCUT2D eigenvalue weighted by atomic mass is 10.2. The van der Waals surface area contributed by atoms with Crippen molar-refractivity contribution in [3.05, 3.63) is 57.8 Å². The average Bonchev–Trinajstić information content (AvgIpc) is 3.44. The molecule has 0 saturated heterocycles. The van der Waals surface area contributed by atoms with Gasteiger partial charge >= 0.3 is 0 Å². The highest BCUT2D eigenvalue weighted by Crippen LogP contribution is 2.13. The van der Waals surface area contributed by atoms with E-state index in [0.717, 1.165) is 36.3 Å². The summed E-state index contributed by atoms with van der Waals surface area (Å²) in [7, 11) is 0. The standard InChI is InChI=1S/C20H25N7O2S/c1-2-11-21-19(29)20-25-24-17(30-20)10-6-7-12-27-14-16(23-26-27)18(28)22-13-15-8-4-3-5-9-15/h3-5,8-9,14H,2,6-7,10-13H2,1H3,(H,21,29)(H,22,28). The van der Waals surface area contributed by atoms with E-state index in [9.17, 15) is 9.59 Å². The Morgan fingerprint density at radius 1 is 1.03 bits per heavy atom. The Morgan fingerprint density at radius 3 is 2.67 bits per heavy atom. The fourth-order valence-corrected chi connectivity index (χ4v) is 3.49. The maximum atomic E-state index is 12.2. The highest BCUT2D eigenvalue weighted by Gasteiger charge is 2.12. The van der Waals surface area contributed by atoms with Gasteiger partial charge in [0.15, 0.2) is 5.69 Å². The number of aryl methyl sites for hydroxylation is 2. The topological polar surface area (TPSA) is 115 Å². The molecule has 0 aliphatic carbocycles. The van der Waals surface area contributed by atoms with E-state index >= 15 is 0 Å². The first kappa shape index (κ1) is 21.6. The summed E-state index contributed by atoms with van der Waals surface area (Å²) in [6.07, 6.45) is 5.02. The van der Waals surface area contributed by atoms with Crippen molar-refractivity contribution in [2.75, 3.05) is 6.54 Å². The lowest BCUT2D eigenvalue weighted by molar-refractivity contribution is 0.0940. The molecule has 1 aromatic carbocycles. The molecule has 0 unspecified atom stereocenters. The van der Waals surface area contributed by atoms with E-state index in [1.807, 2.05) is 37.3 Å². The molecule has 0 radical (unpaired) electrons. The van der Waals surface area contributed by atoms with Gasteiger partial charge in [-0.3, -0.25) is 14.3 Å². The average molecular weight is 428 g/mol. The van der Waals surface area contributed by atoms with Crippen LogP contribution in [0.4, 0.5) is 0 Å². The van der Waals surface area contributed by atoms with Crippen LogP contribution < -0.4 is 10.6 Å². The quantitative estimate of drug-likeness (QED) is 0.454. The number of aromatic nitrogens is 5. The molecule has 3 aromatic rings. The molecular formula is C20H25N7O2S. The van der Waals surface area contributed by atoms with Gasteiger partial charge in [0.1, 0.15) is 5.01 Å². The molecule has 2 N–H and O–H groups in total. The Morgan fingerprint density at radius 2 is 1.87 bits per heavy atom. The van der Waals surface area contributed by atoms with Crippen molar-refractivity contribution in [1.29, 1.82) is 0 Å². The molecule has 0 bridgehead atoms.